The van der Waals surface area contributed by atoms with Crippen LogP contribution in [0.5, 0.6) is 0 Å². The topological polar surface area (TPSA) is 56.1 Å². The molecule has 1 aliphatic carbocycles. The summed E-state index contributed by atoms with van der Waals surface area (Å²) in [5, 5.41) is 11.6. The average Bonchev–Trinajstić information content (AvgIpc) is 2.93. The fourth-order valence-electron chi connectivity index (χ4n) is 1.11. The molecule has 0 spiro atoms. The van der Waals surface area contributed by atoms with Crippen LogP contribution in [0.15, 0.2) is 0 Å². The Hall–Kier alpha value is -1.08. The summed E-state index contributed by atoms with van der Waals surface area (Å²) >= 11 is 0. The number of carbonyl (C=O) groups excluding carboxylic acids is 1. The maximum Gasteiger partial charge on any atom is 0.240 e. The van der Waals surface area contributed by atoms with Crippen LogP contribution in [-0.2, 0) is 4.79 Å². The Labute approximate surface area is 84.9 Å². The highest BCUT2D eigenvalue weighted by Gasteiger charge is 2.50. The first kappa shape index (κ1) is 11.0. The van der Waals surface area contributed by atoms with Gasteiger partial charge < -0.3 is 10.2 Å². The van der Waals surface area contributed by atoms with Gasteiger partial charge in [0.1, 0.15) is 5.41 Å². The molecule has 0 aliphatic heterocycles. The van der Waals surface area contributed by atoms with E-state index in [1.165, 1.54) is 0 Å². The minimum atomic E-state index is -0.688. The van der Waals surface area contributed by atoms with Crippen molar-refractivity contribution in [3.63, 3.8) is 0 Å². The van der Waals surface area contributed by atoms with E-state index in [9.17, 15) is 4.79 Å². The summed E-state index contributed by atoms with van der Waals surface area (Å²) in [6.07, 6.45) is 1.43. The summed E-state index contributed by atoms with van der Waals surface area (Å²) in [5.74, 6) is -0.103. The molecule has 1 saturated carbocycles. The zero-order valence-electron chi connectivity index (χ0n) is 9.00. The van der Waals surface area contributed by atoms with Crippen LogP contribution in [0, 0.1) is 16.7 Å². The molecule has 0 radical (unpaired) electrons. The molecule has 4 heteroatoms. The SMILES string of the molecule is CC(CNC(=O)C1(C#N)CC1)N(C)C. The van der Waals surface area contributed by atoms with Gasteiger partial charge in [0.15, 0.2) is 0 Å². The van der Waals surface area contributed by atoms with Gasteiger partial charge in [-0.05, 0) is 33.9 Å². The van der Waals surface area contributed by atoms with Crippen molar-refractivity contribution >= 4 is 5.91 Å². The highest BCUT2D eigenvalue weighted by Crippen LogP contribution is 2.44. The monoisotopic (exact) mass is 195 g/mol. The predicted molar refractivity (Wildman–Crippen MR) is 53.4 cm³/mol. The molecule has 1 unspecified atom stereocenters. The third kappa shape index (κ3) is 2.24. The number of hydrogen-bond acceptors (Lipinski definition) is 3. The van der Waals surface area contributed by atoms with Crippen molar-refractivity contribution in [2.24, 2.45) is 5.41 Å². The molecule has 0 aromatic rings. The van der Waals surface area contributed by atoms with Crippen LogP contribution in [0.4, 0.5) is 0 Å². The Bertz CT molecular complexity index is 263. The van der Waals surface area contributed by atoms with Crippen LogP contribution < -0.4 is 5.32 Å². The van der Waals surface area contributed by atoms with Gasteiger partial charge in [0, 0.05) is 12.6 Å². The fourth-order valence-corrected chi connectivity index (χ4v) is 1.11. The van der Waals surface area contributed by atoms with Crippen LogP contribution in [0.2, 0.25) is 0 Å². The number of carbonyl (C=O) groups is 1. The highest BCUT2D eigenvalue weighted by atomic mass is 16.2. The van der Waals surface area contributed by atoms with E-state index in [1.54, 1.807) is 0 Å². The van der Waals surface area contributed by atoms with Crippen molar-refractivity contribution in [3.05, 3.63) is 0 Å². The molecule has 0 aromatic heterocycles. The molecular weight excluding hydrogens is 178 g/mol. The fraction of sp³-hybridized carbons (Fsp3) is 0.800. The summed E-state index contributed by atoms with van der Waals surface area (Å²) in [7, 11) is 3.93. The first-order chi connectivity index (χ1) is 6.52. The quantitative estimate of drug-likeness (QED) is 0.704. The minimum absolute atomic E-state index is 0.103. The number of amides is 1. The van der Waals surface area contributed by atoms with Crippen LogP contribution in [-0.4, -0.2) is 37.5 Å². The Morgan fingerprint density at radius 1 is 1.64 bits per heavy atom. The summed E-state index contributed by atoms with van der Waals surface area (Å²) < 4.78 is 0. The van der Waals surface area contributed by atoms with E-state index in [4.69, 9.17) is 5.26 Å². The predicted octanol–water partition coefficient (Wildman–Crippen LogP) is 0.356. The first-order valence-corrected chi connectivity index (χ1v) is 4.88. The average molecular weight is 195 g/mol. The van der Waals surface area contributed by atoms with Gasteiger partial charge in [-0.1, -0.05) is 0 Å². The molecule has 1 amide bonds. The van der Waals surface area contributed by atoms with E-state index >= 15 is 0 Å². The van der Waals surface area contributed by atoms with Crippen LogP contribution in [0.25, 0.3) is 0 Å². The number of nitrogens with zero attached hydrogens (tertiary/aromatic N) is 2. The first-order valence-electron chi connectivity index (χ1n) is 4.88. The second-order valence-corrected chi connectivity index (χ2v) is 4.22. The van der Waals surface area contributed by atoms with E-state index < -0.39 is 5.41 Å². The molecule has 1 N–H and O–H groups in total. The van der Waals surface area contributed by atoms with Crippen LogP contribution in [0.3, 0.4) is 0 Å². The largest absolute Gasteiger partial charge is 0.353 e. The molecule has 1 fully saturated rings. The van der Waals surface area contributed by atoms with Gasteiger partial charge in [0.2, 0.25) is 5.91 Å². The van der Waals surface area contributed by atoms with E-state index in [0.717, 1.165) is 0 Å². The van der Waals surface area contributed by atoms with Gasteiger partial charge in [0.25, 0.3) is 0 Å². The zero-order valence-corrected chi connectivity index (χ0v) is 9.00. The van der Waals surface area contributed by atoms with Gasteiger partial charge in [-0.15, -0.1) is 0 Å². The summed E-state index contributed by atoms with van der Waals surface area (Å²) in [6, 6.07) is 2.38. The molecule has 0 bridgehead atoms. The normalized spacial score (nSPS) is 19.9. The number of likely N-dealkylation sites (N-methyl/N-ethyl adjacent to an activating group) is 1. The van der Waals surface area contributed by atoms with E-state index in [1.807, 2.05) is 25.9 Å². The van der Waals surface area contributed by atoms with Crippen molar-refractivity contribution < 1.29 is 4.79 Å². The molecule has 1 rings (SSSR count). The van der Waals surface area contributed by atoms with Gasteiger partial charge >= 0.3 is 0 Å². The van der Waals surface area contributed by atoms with E-state index in [2.05, 4.69) is 11.4 Å². The summed E-state index contributed by atoms with van der Waals surface area (Å²) in [4.78, 5) is 13.6. The zero-order chi connectivity index (χ0) is 10.8. The van der Waals surface area contributed by atoms with Gasteiger partial charge in [-0.2, -0.15) is 5.26 Å². The summed E-state index contributed by atoms with van der Waals surface area (Å²) in [6.45, 7) is 2.64. The van der Waals surface area contributed by atoms with Crippen molar-refractivity contribution in [2.75, 3.05) is 20.6 Å². The molecular formula is C10H17N3O. The lowest BCUT2D eigenvalue weighted by Crippen LogP contribution is -2.41. The molecule has 14 heavy (non-hydrogen) atoms. The highest BCUT2D eigenvalue weighted by molar-refractivity contribution is 5.88. The van der Waals surface area contributed by atoms with Gasteiger partial charge in [-0.3, -0.25) is 4.79 Å². The lowest BCUT2D eigenvalue weighted by atomic mass is 10.1. The third-order valence-corrected chi connectivity index (χ3v) is 2.84. The number of rotatable bonds is 4. The standard InChI is InChI=1S/C10H17N3O/c1-8(13(2)3)6-12-9(14)10(7-11)4-5-10/h8H,4-6H2,1-3H3,(H,12,14). The lowest BCUT2D eigenvalue weighted by molar-refractivity contribution is -0.124. The molecule has 0 aromatic carbocycles. The second-order valence-electron chi connectivity index (χ2n) is 4.22. The van der Waals surface area contributed by atoms with Crippen LogP contribution in [0.1, 0.15) is 19.8 Å². The molecule has 1 aliphatic rings. The smallest absolute Gasteiger partial charge is 0.240 e. The Balaban J connectivity index is 2.33. The molecule has 0 heterocycles. The van der Waals surface area contributed by atoms with Crippen LogP contribution >= 0.6 is 0 Å². The van der Waals surface area contributed by atoms with Gasteiger partial charge in [-0.25, -0.2) is 0 Å². The Kier molecular flexibility index (Phi) is 3.12. The van der Waals surface area contributed by atoms with Crippen molar-refractivity contribution in [3.8, 4) is 6.07 Å². The van der Waals surface area contributed by atoms with E-state index in [0.29, 0.717) is 25.4 Å². The lowest BCUT2D eigenvalue weighted by Gasteiger charge is -2.20. The Morgan fingerprint density at radius 2 is 2.21 bits per heavy atom. The third-order valence-electron chi connectivity index (χ3n) is 2.84. The maximum atomic E-state index is 11.5. The van der Waals surface area contributed by atoms with Crippen molar-refractivity contribution in [1.29, 1.82) is 5.26 Å². The van der Waals surface area contributed by atoms with Gasteiger partial charge in [0.05, 0.1) is 6.07 Å². The molecule has 4 nitrogen and oxygen atoms in total. The number of nitriles is 1. The maximum absolute atomic E-state index is 11.5. The van der Waals surface area contributed by atoms with Crippen molar-refractivity contribution in [1.82, 2.24) is 10.2 Å². The minimum Gasteiger partial charge on any atom is -0.353 e. The molecule has 78 valence electrons. The molecule has 1 atom stereocenters. The number of hydrogen-bond donors (Lipinski definition) is 1. The van der Waals surface area contributed by atoms with Crippen molar-refractivity contribution in [2.45, 2.75) is 25.8 Å². The Morgan fingerprint density at radius 3 is 2.57 bits per heavy atom. The van der Waals surface area contributed by atoms with E-state index in [-0.39, 0.29) is 5.91 Å². The number of nitrogens with one attached hydrogen (secondary N) is 1. The molecule has 0 saturated heterocycles. The second kappa shape index (κ2) is 3.97. The summed E-state index contributed by atoms with van der Waals surface area (Å²) in [5.41, 5.74) is -0.688.